The molecular formula is C24H24O4. The van der Waals surface area contributed by atoms with Crippen LogP contribution in [-0.2, 0) is 11.2 Å². The Bertz CT molecular complexity index is 847. The highest BCUT2D eigenvalue weighted by molar-refractivity contribution is 5.89. The second-order valence-electron chi connectivity index (χ2n) is 6.26. The van der Waals surface area contributed by atoms with Crippen molar-refractivity contribution in [3.8, 4) is 11.5 Å². The molecule has 0 aromatic heterocycles. The van der Waals surface area contributed by atoms with Gasteiger partial charge in [-0.1, -0.05) is 54.6 Å². The Morgan fingerprint density at radius 2 is 1.32 bits per heavy atom. The van der Waals surface area contributed by atoms with Crippen LogP contribution in [0.25, 0.3) is 0 Å². The van der Waals surface area contributed by atoms with Crippen LogP contribution >= 0.6 is 0 Å². The number of ether oxygens (including phenoxy) is 3. The summed E-state index contributed by atoms with van der Waals surface area (Å²) in [7, 11) is 0. The highest BCUT2D eigenvalue weighted by Gasteiger charge is 2.08. The molecule has 144 valence electrons. The lowest BCUT2D eigenvalue weighted by Crippen LogP contribution is -2.10. The highest BCUT2D eigenvalue weighted by Crippen LogP contribution is 2.15. The summed E-state index contributed by atoms with van der Waals surface area (Å²) in [5.41, 5.74) is 1.73. The van der Waals surface area contributed by atoms with E-state index in [1.165, 1.54) is 5.56 Å². The lowest BCUT2D eigenvalue weighted by Gasteiger charge is -2.10. The number of carbonyl (C=O) groups is 1. The quantitative estimate of drug-likeness (QED) is 0.372. The smallest absolute Gasteiger partial charge is 0.338 e. The maximum atomic E-state index is 12.2. The minimum atomic E-state index is -0.334. The molecule has 4 heteroatoms. The van der Waals surface area contributed by atoms with E-state index in [4.69, 9.17) is 14.2 Å². The van der Waals surface area contributed by atoms with E-state index in [1.54, 1.807) is 18.2 Å². The SMILES string of the molecule is O=C(OCCCc1ccccc1)c1cccc(OCCOc2ccccc2)c1. The van der Waals surface area contributed by atoms with E-state index < -0.39 is 0 Å². The molecule has 0 saturated heterocycles. The van der Waals surface area contributed by atoms with Crippen molar-refractivity contribution in [3.05, 3.63) is 96.1 Å². The Kier molecular flexibility index (Phi) is 7.50. The van der Waals surface area contributed by atoms with Gasteiger partial charge in [0.2, 0.25) is 0 Å². The van der Waals surface area contributed by atoms with Crippen LogP contribution in [0.15, 0.2) is 84.9 Å². The van der Waals surface area contributed by atoms with E-state index in [1.807, 2.05) is 54.6 Å². The molecule has 0 radical (unpaired) electrons. The molecule has 0 aliphatic heterocycles. The van der Waals surface area contributed by atoms with Crippen molar-refractivity contribution in [1.29, 1.82) is 0 Å². The van der Waals surface area contributed by atoms with Crippen molar-refractivity contribution in [2.45, 2.75) is 12.8 Å². The van der Waals surface area contributed by atoms with Gasteiger partial charge in [0.1, 0.15) is 24.7 Å². The first-order valence-electron chi connectivity index (χ1n) is 9.43. The summed E-state index contributed by atoms with van der Waals surface area (Å²) in [5, 5.41) is 0. The van der Waals surface area contributed by atoms with Crippen LogP contribution in [0.1, 0.15) is 22.3 Å². The van der Waals surface area contributed by atoms with Gasteiger partial charge >= 0.3 is 5.97 Å². The molecule has 3 aromatic rings. The first-order chi connectivity index (χ1) is 13.8. The summed E-state index contributed by atoms with van der Waals surface area (Å²) < 4.78 is 16.6. The van der Waals surface area contributed by atoms with E-state index in [9.17, 15) is 4.79 Å². The Balaban J connectivity index is 1.38. The molecule has 0 unspecified atom stereocenters. The average Bonchev–Trinajstić information content (AvgIpc) is 2.76. The summed E-state index contributed by atoms with van der Waals surface area (Å²) in [6.07, 6.45) is 1.68. The van der Waals surface area contributed by atoms with Crippen molar-refractivity contribution < 1.29 is 19.0 Å². The first-order valence-corrected chi connectivity index (χ1v) is 9.43. The van der Waals surface area contributed by atoms with Crippen LogP contribution in [0.3, 0.4) is 0 Å². The Labute approximate surface area is 165 Å². The molecule has 0 aliphatic carbocycles. The second-order valence-corrected chi connectivity index (χ2v) is 6.26. The van der Waals surface area contributed by atoms with Crippen LogP contribution in [0.4, 0.5) is 0 Å². The van der Waals surface area contributed by atoms with Crippen LogP contribution in [0.2, 0.25) is 0 Å². The first kappa shape index (κ1) is 19.5. The van der Waals surface area contributed by atoms with Gasteiger partial charge in [0.25, 0.3) is 0 Å². The van der Waals surface area contributed by atoms with Crippen molar-refractivity contribution >= 4 is 5.97 Å². The number of hydrogen-bond donors (Lipinski definition) is 0. The van der Waals surface area contributed by atoms with Gasteiger partial charge in [0.15, 0.2) is 0 Å². The van der Waals surface area contributed by atoms with Crippen molar-refractivity contribution in [2.75, 3.05) is 19.8 Å². The molecule has 0 fully saturated rings. The summed E-state index contributed by atoms with van der Waals surface area (Å²) >= 11 is 0. The number of benzene rings is 3. The van der Waals surface area contributed by atoms with Crippen LogP contribution in [0, 0.1) is 0 Å². The Morgan fingerprint density at radius 1 is 0.679 bits per heavy atom. The molecule has 0 atom stereocenters. The summed E-state index contributed by atoms with van der Waals surface area (Å²) in [6.45, 7) is 1.21. The number of carbonyl (C=O) groups excluding carboxylic acids is 1. The van der Waals surface area contributed by atoms with Gasteiger partial charge in [-0.3, -0.25) is 0 Å². The van der Waals surface area contributed by atoms with Gasteiger partial charge in [-0.25, -0.2) is 4.79 Å². The van der Waals surface area contributed by atoms with Gasteiger partial charge in [-0.15, -0.1) is 0 Å². The predicted octanol–water partition coefficient (Wildman–Crippen LogP) is 4.93. The molecule has 0 N–H and O–H groups in total. The zero-order chi connectivity index (χ0) is 19.4. The van der Waals surface area contributed by atoms with Crippen LogP contribution < -0.4 is 9.47 Å². The topological polar surface area (TPSA) is 44.8 Å². The van der Waals surface area contributed by atoms with Gasteiger partial charge in [0.05, 0.1) is 12.2 Å². The summed E-state index contributed by atoms with van der Waals surface area (Å²) in [4.78, 5) is 12.2. The van der Waals surface area contributed by atoms with Gasteiger partial charge < -0.3 is 14.2 Å². The minimum Gasteiger partial charge on any atom is -0.490 e. The summed E-state index contributed by atoms with van der Waals surface area (Å²) in [5.74, 6) is 1.09. The lowest BCUT2D eigenvalue weighted by molar-refractivity contribution is 0.0500. The van der Waals surface area contributed by atoms with Crippen molar-refractivity contribution in [3.63, 3.8) is 0 Å². The summed E-state index contributed by atoms with van der Waals surface area (Å²) in [6, 6.07) is 26.8. The third kappa shape index (κ3) is 6.47. The zero-order valence-corrected chi connectivity index (χ0v) is 15.8. The number of aryl methyl sites for hydroxylation is 1. The normalized spacial score (nSPS) is 10.3. The molecule has 3 aromatic carbocycles. The fourth-order valence-electron chi connectivity index (χ4n) is 2.72. The van der Waals surface area contributed by atoms with Crippen molar-refractivity contribution in [2.24, 2.45) is 0 Å². The fourth-order valence-corrected chi connectivity index (χ4v) is 2.72. The zero-order valence-electron chi connectivity index (χ0n) is 15.8. The minimum absolute atomic E-state index is 0.334. The van der Waals surface area contributed by atoms with Gasteiger partial charge in [0, 0.05) is 0 Å². The molecule has 0 bridgehead atoms. The van der Waals surface area contributed by atoms with Crippen LogP contribution in [-0.4, -0.2) is 25.8 Å². The molecule has 3 rings (SSSR count). The molecule has 4 nitrogen and oxygen atoms in total. The Morgan fingerprint density at radius 3 is 2.07 bits per heavy atom. The molecule has 0 heterocycles. The monoisotopic (exact) mass is 376 g/mol. The molecule has 0 saturated carbocycles. The average molecular weight is 376 g/mol. The van der Waals surface area contributed by atoms with Crippen molar-refractivity contribution in [1.82, 2.24) is 0 Å². The van der Waals surface area contributed by atoms with Gasteiger partial charge in [-0.2, -0.15) is 0 Å². The molecular weight excluding hydrogens is 352 g/mol. The third-order valence-corrected chi connectivity index (χ3v) is 4.12. The van der Waals surface area contributed by atoms with E-state index >= 15 is 0 Å². The standard InChI is InChI=1S/C24H24O4/c25-24(28-16-8-11-20-9-3-1-4-10-20)21-12-7-15-23(19-21)27-18-17-26-22-13-5-2-6-14-22/h1-7,9-10,12-15,19H,8,11,16-18H2. The second kappa shape index (κ2) is 10.8. The lowest BCUT2D eigenvalue weighted by atomic mass is 10.1. The van der Waals surface area contributed by atoms with E-state index in [0.717, 1.165) is 18.6 Å². The molecule has 0 aliphatic rings. The number of para-hydroxylation sites is 1. The molecule has 0 spiro atoms. The Hall–Kier alpha value is -3.27. The largest absolute Gasteiger partial charge is 0.490 e. The fraction of sp³-hybridized carbons (Fsp3) is 0.208. The highest BCUT2D eigenvalue weighted by atomic mass is 16.5. The van der Waals surface area contributed by atoms with Gasteiger partial charge in [-0.05, 0) is 48.7 Å². The number of hydrogen-bond acceptors (Lipinski definition) is 4. The predicted molar refractivity (Wildman–Crippen MR) is 109 cm³/mol. The maximum absolute atomic E-state index is 12.2. The van der Waals surface area contributed by atoms with Crippen LogP contribution in [0.5, 0.6) is 11.5 Å². The number of esters is 1. The van der Waals surface area contributed by atoms with E-state index in [2.05, 4.69) is 12.1 Å². The molecule has 28 heavy (non-hydrogen) atoms. The third-order valence-electron chi connectivity index (χ3n) is 4.12. The maximum Gasteiger partial charge on any atom is 0.338 e. The molecule has 0 amide bonds. The van der Waals surface area contributed by atoms with E-state index in [-0.39, 0.29) is 5.97 Å². The number of rotatable bonds is 10. The van der Waals surface area contributed by atoms with E-state index in [0.29, 0.717) is 31.1 Å².